The number of aliphatic carboxylic acids is 1. The summed E-state index contributed by atoms with van der Waals surface area (Å²) in [5, 5.41) is 13.8. The Morgan fingerprint density at radius 3 is 2.54 bits per heavy atom. The molecule has 188 valence electrons. The minimum Gasteiger partial charge on any atom is -0.481 e. The van der Waals surface area contributed by atoms with Crippen molar-refractivity contribution < 1.29 is 19.1 Å². The van der Waals surface area contributed by atoms with Crippen LogP contribution in [0.3, 0.4) is 0 Å². The van der Waals surface area contributed by atoms with Crippen molar-refractivity contribution >= 4 is 22.6 Å². The topological polar surface area (TPSA) is 93.8 Å². The van der Waals surface area contributed by atoms with Crippen LogP contribution in [0.15, 0.2) is 82.7 Å². The van der Waals surface area contributed by atoms with Crippen molar-refractivity contribution in [1.29, 1.82) is 0 Å². The van der Waals surface area contributed by atoms with Gasteiger partial charge < -0.3 is 9.94 Å². The van der Waals surface area contributed by atoms with Crippen molar-refractivity contribution in [3.63, 3.8) is 0 Å². The van der Waals surface area contributed by atoms with Crippen LogP contribution in [0.4, 0.5) is 4.39 Å². The minimum atomic E-state index is -0.866. The van der Waals surface area contributed by atoms with Gasteiger partial charge in [-0.15, -0.1) is 0 Å². The van der Waals surface area contributed by atoms with Gasteiger partial charge in [-0.3, -0.25) is 14.2 Å². The molecule has 0 unspecified atom stereocenters. The molecule has 2 atom stereocenters. The number of unbranched alkanes of at least 4 members (excludes halogenated alkanes) is 1. The van der Waals surface area contributed by atoms with Gasteiger partial charge in [0.25, 0.3) is 5.56 Å². The first kappa shape index (κ1) is 24.4. The molecule has 0 saturated carbocycles. The molecule has 4 aromatic rings. The van der Waals surface area contributed by atoms with E-state index >= 15 is 0 Å². The monoisotopic (exact) mass is 499 g/mol. The largest absolute Gasteiger partial charge is 0.481 e. The number of oxime groups is 1. The first-order chi connectivity index (χ1) is 17.9. The van der Waals surface area contributed by atoms with E-state index in [1.165, 1.54) is 28.8 Å². The van der Waals surface area contributed by atoms with E-state index in [0.717, 1.165) is 16.8 Å². The molecule has 8 heteroatoms. The van der Waals surface area contributed by atoms with Gasteiger partial charge in [0.1, 0.15) is 11.6 Å². The molecule has 0 spiro atoms. The van der Waals surface area contributed by atoms with Crippen LogP contribution < -0.4 is 5.56 Å². The second-order valence-corrected chi connectivity index (χ2v) is 9.18. The standard InChI is InChI=1S/C29H26FN3O4/c1-18-27(32-37-28(18)19-7-3-2-4-8-19)20-11-16-23-24(17-20)31-25(9-5-6-10-26(34)35)33(29(23)36)22-14-12-21(30)13-15-22/h2-4,7-8,11-18,28H,5-6,9-10H2,1H3,(H,34,35)/t18-,28-/m0/s1. The Labute approximate surface area is 212 Å². The number of rotatable bonds is 8. The van der Waals surface area contributed by atoms with E-state index in [-0.39, 0.29) is 24.0 Å². The molecule has 3 aromatic carbocycles. The van der Waals surface area contributed by atoms with Crippen LogP contribution in [0.5, 0.6) is 0 Å². The lowest BCUT2D eigenvalue weighted by Gasteiger charge is -2.16. The van der Waals surface area contributed by atoms with Crippen LogP contribution in [-0.4, -0.2) is 26.3 Å². The lowest BCUT2D eigenvalue weighted by Crippen LogP contribution is -2.24. The van der Waals surface area contributed by atoms with Crippen LogP contribution >= 0.6 is 0 Å². The highest BCUT2D eigenvalue weighted by Crippen LogP contribution is 2.35. The predicted molar refractivity (Wildman–Crippen MR) is 138 cm³/mol. The number of carboxylic acids is 1. The van der Waals surface area contributed by atoms with Crippen molar-refractivity contribution in [3.8, 4) is 5.69 Å². The molecule has 37 heavy (non-hydrogen) atoms. The Hall–Kier alpha value is -4.33. The molecule has 7 nitrogen and oxygen atoms in total. The van der Waals surface area contributed by atoms with E-state index in [4.69, 9.17) is 14.9 Å². The van der Waals surface area contributed by atoms with E-state index in [1.54, 1.807) is 6.07 Å². The molecule has 0 aliphatic carbocycles. The zero-order valence-electron chi connectivity index (χ0n) is 20.3. The summed E-state index contributed by atoms with van der Waals surface area (Å²) in [5.41, 5.74) is 3.40. The van der Waals surface area contributed by atoms with Crippen molar-refractivity contribution in [1.82, 2.24) is 9.55 Å². The molecule has 0 radical (unpaired) electrons. The summed E-state index contributed by atoms with van der Waals surface area (Å²) in [6.45, 7) is 2.06. The summed E-state index contributed by atoms with van der Waals surface area (Å²) in [6, 6.07) is 21.0. The third kappa shape index (κ3) is 5.00. The maximum atomic E-state index is 13.6. The highest BCUT2D eigenvalue weighted by molar-refractivity contribution is 6.05. The first-order valence-electron chi connectivity index (χ1n) is 12.2. The highest BCUT2D eigenvalue weighted by atomic mass is 19.1. The van der Waals surface area contributed by atoms with Crippen molar-refractivity contribution in [2.45, 2.75) is 38.7 Å². The number of aromatic nitrogens is 2. The maximum absolute atomic E-state index is 13.6. The Morgan fingerprint density at radius 2 is 1.81 bits per heavy atom. The number of aryl methyl sites for hydroxylation is 1. The molecule has 1 N–H and O–H groups in total. The van der Waals surface area contributed by atoms with E-state index in [1.807, 2.05) is 42.5 Å². The molecule has 1 aromatic heterocycles. The smallest absolute Gasteiger partial charge is 0.303 e. The number of fused-ring (bicyclic) bond motifs is 1. The van der Waals surface area contributed by atoms with Crippen LogP contribution in [-0.2, 0) is 16.1 Å². The molecule has 2 heterocycles. The van der Waals surface area contributed by atoms with Crippen LogP contribution in [0.25, 0.3) is 16.6 Å². The summed E-state index contributed by atoms with van der Waals surface area (Å²) >= 11 is 0. The molecule has 0 saturated heterocycles. The quantitative estimate of drug-likeness (QED) is 0.326. The molecule has 1 aliphatic rings. The fraction of sp³-hybridized carbons (Fsp3) is 0.241. The first-order valence-corrected chi connectivity index (χ1v) is 12.2. The second-order valence-electron chi connectivity index (χ2n) is 9.18. The lowest BCUT2D eigenvalue weighted by molar-refractivity contribution is -0.137. The Kier molecular flexibility index (Phi) is 6.81. The van der Waals surface area contributed by atoms with E-state index in [9.17, 15) is 14.0 Å². The predicted octanol–water partition coefficient (Wildman–Crippen LogP) is 5.43. The number of carboxylic acid groups (broad SMARTS) is 1. The van der Waals surface area contributed by atoms with Gasteiger partial charge in [-0.2, -0.15) is 0 Å². The fourth-order valence-corrected chi connectivity index (χ4v) is 4.71. The average molecular weight is 500 g/mol. The zero-order chi connectivity index (χ0) is 25.9. The van der Waals surface area contributed by atoms with Gasteiger partial charge in [0, 0.05) is 24.3 Å². The number of halogens is 1. The number of carbonyl (C=O) groups is 1. The average Bonchev–Trinajstić information content (AvgIpc) is 3.29. The maximum Gasteiger partial charge on any atom is 0.303 e. The Bertz CT molecular complexity index is 1530. The third-order valence-corrected chi connectivity index (χ3v) is 6.64. The normalized spacial score (nSPS) is 17.0. The van der Waals surface area contributed by atoms with Gasteiger partial charge in [-0.25, -0.2) is 9.37 Å². The Morgan fingerprint density at radius 1 is 1.05 bits per heavy atom. The number of hydrogen-bond acceptors (Lipinski definition) is 5. The number of hydrogen-bond donors (Lipinski definition) is 1. The summed E-state index contributed by atoms with van der Waals surface area (Å²) in [4.78, 5) is 35.1. The molecular weight excluding hydrogens is 473 g/mol. The molecule has 1 aliphatic heterocycles. The van der Waals surface area contributed by atoms with Crippen molar-refractivity contribution in [2.24, 2.45) is 11.1 Å². The SMILES string of the molecule is C[C@H]1C(c2ccc3c(=O)n(-c4ccc(F)cc4)c(CCCCC(=O)O)nc3c2)=NO[C@@H]1c1ccccc1. The van der Waals surface area contributed by atoms with E-state index in [0.29, 0.717) is 41.7 Å². The summed E-state index contributed by atoms with van der Waals surface area (Å²) in [5.74, 6) is -0.781. The van der Waals surface area contributed by atoms with E-state index < -0.39 is 11.8 Å². The summed E-state index contributed by atoms with van der Waals surface area (Å²) in [7, 11) is 0. The third-order valence-electron chi connectivity index (χ3n) is 6.64. The van der Waals surface area contributed by atoms with Crippen LogP contribution in [0, 0.1) is 11.7 Å². The second kappa shape index (κ2) is 10.3. The van der Waals surface area contributed by atoms with Gasteiger partial charge in [0.15, 0.2) is 6.10 Å². The summed E-state index contributed by atoms with van der Waals surface area (Å²) in [6.07, 6.45) is 1.24. The minimum absolute atomic E-state index is 0.00470. The van der Waals surface area contributed by atoms with Gasteiger partial charge in [0.05, 0.1) is 22.3 Å². The molecule has 0 fully saturated rings. The highest BCUT2D eigenvalue weighted by Gasteiger charge is 2.32. The fourth-order valence-electron chi connectivity index (χ4n) is 4.71. The molecule has 5 rings (SSSR count). The van der Waals surface area contributed by atoms with Crippen molar-refractivity contribution in [2.75, 3.05) is 0 Å². The van der Waals surface area contributed by atoms with Gasteiger partial charge in [-0.05, 0) is 54.8 Å². The van der Waals surface area contributed by atoms with Gasteiger partial charge in [-0.1, -0.05) is 48.5 Å². The van der Waals surface area contributed by atoms with Crippen LogP contribution in [0.1, 0.15) is 49.2 Å². The molecular formula is C29H26FN3O4. The Balaban J connectivity index is 1.52. The molecule has 0 bridgehead atoms. The van der Waals surface area contributed by atoms with Crippen molar-refractivity contribution in [3.05, 3.63) is 106 Å². The number of benzene rings is 3. The van der Waals surface area contributed by atoms with Gasteiger partial charge >= 0.3 is 5.97 Å². The van der Waals surface area contributed by atoms with E-state index in [2.05, 4.69) is 12.1 Å². The van der Waals surface area contributed by atoms with Crippen LogP contribution in [0.2, 0.25) is 0 Å². The van der Waals surface area contributed by atoms with Gasteiger partial charge in [0.2, 0.25) is 0 Å². The summed E-state index contributed by atoms with van der Waals surface area (Å²) < 4.78 is 15.0. The zero-order valence-corrected chi connectivity index (χ0v) is 20.3. The number of nitrogens with zero attached hydrogens (tertiary/aromatic N) is 3. The molecule has 0 amide bonds. The lowest BCUT2D eigenvalue weighted by atomic mass is 9.90.